The van der Waals surface area contributed by atoms with Crippen LogP contribution in [0.25, 0.3) is 0 Å². The first-order chi connectivity index (χ1) is 6.22. The number of carbonyl (C=O) groups is 1. The molecule has 1 unspecified atom stereocenters. The molecule has 1 aliphatic carbocycles. The van der Waals surface area contributed by atoms with Crippen LogP contribution in [0.3, 0.4) is 0 Å². The van der Waals surface area contributed by atoms with E-state index in [1.807, 2.05) is 24.5 Å². The number of halogens is 1. The Labute approximate surface area is 90.0 Å². The van der Waals surface area contributed by atoms with Gasteiger partial charge in [0.2, 0.25) is 0 Å². The standard InChI is InChI=1S/C10H9BrOS/c1-13-9-5-6-4-7(11)2-3-8(6)10(9)12/h2-4,9H,5H2,1H3. The number of ketones is 1. The van der Waals surface area contributed by atoms with Crippen LogP contribution in [-0.2, 0) is 6.42 Å². The zero-order valence-electron chi connectivity index (χ0n) is 7.21. The van der Waals surface area contributed by atoms with Crippen molar-refractivity contribution in [3.8, 4) is 0 Å². The van der Waals surface area contributed by atoms with E-state index in [4.69, 9.17) is 0 Å². The molecule has 0 amide bonds. The summed E-state index contributed by atoms with van der Waals surface area (Å²) in [6.07, 6.45) is 2.87. The molecule has 1 aromatic carbocycles. The smallest absolute Gasteiger partial charge is 0.176 e. The second-order valence-electron chi connectivity index (χ2n) is 3.09. The van der Waals surface area contributed by atoms with E-state index >= 15 is 0 Å². The molecule has 0 aliphatic heterocycles. The largest absolute Gasteiger partial charge is 0.293 e. The molecule has 1 aromatic rings. The molecule has 0 radical (unpaired) electrons. The van der Waals surface area contributed by atoms with E-state index in [0.29, 0.717) is 0 Å². The molecule has 2 rings (SSSR count). The Morgan fingerprint density at radius 2 is 2.31 bits per heavy atom. The summed E-state index contributed by atoms with van der Waals surface area (Å²) < 4.78 is 1.06. The predicted molar refractivity (Wildman–Crippen MR) is 59.5 cm³/mol. The van der Waals surface area contributed by atoms with Gasteiger partial charge in [-0.15, -0.1) is 0 Å². The van der Waals surface area contributed by atoms with Gasteiger partial charge >= 0.3 is 0 Å². The Balaban J connectivity index is 2.44. The molecule has 1 nitrogen and oxygen atoms in total. The number of Topliss-reactive ketones (excluding diaryl/α,β-unsaturated/α-hetero) is 1. The Hall–Kier alpha value is -0.280. The number of hydrogen-bond donors (Lipinski definition) is 0. The molecule has 1 aliphatic rings. The number of hydrogen-bond acceptors (Lipinski definition) is 2. The average Bonchev–Trinajstić information content (AvgIpc) is 2.42. The third kappa shape index (κ3) is 1.55. The van der Waals surface area contributed by atoms with E-state index < -0.39 is 0 Å². The van der Waals surface area contributed by atoms with Gasteiger partial charge in [0, 0.05) is 10.0 Å². The molecule has 0 bridgehead atoms. The summed E-state index contributed by atoms with van der Waals surface area (Å²) >= 11 is 5.05. The second kappa shape index (κ2) is 3.46. The Kier molecular flexibility index (Phi) is 2.47. The molecule has 0 heterocycles. The van der Waals surface area contributed by atoms with Crippen LogP contribution < -0.4 is 0 Å². The van der Waals surface area contributed by atoms with Crippen molar-refractivity contribution in [2.24, 2.45) is 0 Å². The average molecular weight is 257 g/mol. The van der Waals surface area contributed by atoms with Gasteiger partial charge in [-0.1, -0.05) is 15.9 Å². The van der Waals surface area contributed by atoms with Crippen molar-refractivity contribution in [1.82, 2.24) is 0 Å². The van der Waals surface area contributed by atoms with Crippen LogP contribution in [0.5, 0.6) is 0 Å². The molecule has 0 aromatic heterocycles. The molecule has 3 heteroatoms. The number of carbonyl (C=O) groups excluding carboxylic acids is 1. The summed E-state index contributed by atoms with van der Waals surface area (Å²) in [5.74, 6) is 0.287. The highest BCUT2D eigenvalue weighted by molar-refractivity contribution is 9.10. The van der Waals surface area contributed by atoms with Crippen LogP contribution in [-0.4, -0.2) is 17.3 Å². The second-order valence-corrected chi connectivity index (χ2v) is 5.05. The van der Waals surface area contributed by atoms with Crippen molar-refractivity contribution in [2.75, 3.05) is 6.26 Å². The van der Waals surface area contributed by atoms with Crippen molar-refractivity contribution in [3.63, 3.8) is 0 Å². The van der Waals surface area contributed by atoms with Crippen molar-refractivity contribution < 1.29 is 4.79 Å². The minimum absolute atomic E-state index is 0.143. The fourth-order valence-corrected chi connectivity index (χ4v) is 2.72. The first-order valence-corrected chi connectivity index (χ1v) is 6.16. The van der Waals surface area contributed by atoms with E-state index in [-0.39, 0.29) is 11.0 Å². The van der Waals surface area contributed by atoms with Gasteiger partial charge in [-0.3, -0.25) is 4.79 Å². The minimum Gasteiger partial charge on any atom is -0.293 e. The van der Waals surface area contributed by atoms with Gasteiger partial charge in [-0.05, 0) is 36.4 Å². The zero-order chi connectivity index (χ0) is 9.42. The molecule has 13 heavy (non-hydrogen) atoms. The van der Waals surface area contributed by atoms with E-state index in [9.17, 15) is 4.79 Å². The van der Waals surface area contributed by atoms with Crippen molar-refractivity contribution in [3.05, 3.63) is 33.8 Å². The maximum atomic E-state index is 11.7. The molecule has 0 N–H and O–H groups in total. The minimum atomic E-state index is 0.143. The SMILES string of the molecule is CSC1Cc2cc(Br)ccc2C1=O. The van der Waals surface area contributed by atoms with Crippen molar-refractivity contribution >= 4 is 33.5 Å². The first kappa shape index (κ1) is 9.28. The Morgan fingerprint density at radius 1 is 1.54 bits per heavy atom. The molecular weight excluding hydrogens is 248 g/mol. The van der Waals surface area contributed by atoms with Gasteiger partial charge in [0.15, 0.2) is 5.78 Å². The van der Waals surface area contributed by atoms with Gasteiger partial charge in [0.1, 0.15) is 0 Å². The molecule has 1 atom stereocenters. The van der Waals surface area contributed by atoms with Crippen LogP contribution in [0, 0.1) is 0 Å². The van der Waals surface area contributed by atoms with Crippen molar-refractivity contribution in [1.29, 1.82) is 0 Å². The lowest BCUT2D eigenvalue weighted by molar-refractivity contribution is 0.100. The summed E-state index contributed by atoms with van der Waals surface area (Å²) in [6, 6.07) is 5.89. The summed E-state index contributed by atoms with van der Waals surface area (Å²) in [7, 11) is 0. The van der Waals surface area contributed by atoms with Crippen LogP contribution in [0.2, 0.25) is 0 Å². The lowest BCUT2D eigenvalue weighted by Crippen LogP contribution is -2.09. The quantitative estimate of drug-likeness (QED) is 0.769. The van der Waals surface area contributed by atoms with Gasteiger partial charge in [0.05, 0.1) is 5.25 Å². The highest BCUT2D eigenvalue weighted by Gasteiger charge is 2.29. The molecule has 68 valence electrons. The van der Waals surface area contributed by atoms with Crippen LogP contribution in [0.1, 0.15) is 15.9 Å². The molecular formula is C10H9BrOS. The molecule has 0 saturated heterocycles. The Morgan fingerprint density at radius 3 is 3.00 bits per heavy atom. The summed E-state index contributed by atoms with van der Waals surface area (Å²) in [5, 5.41) is 0.143. The fourth-order valence-electron chi connectivity index (χ4n) is 1.63. The monoisotopic (exact) mass is 256 g/mol. The Bertz CT molecular complexity index is 362. The third-order valence-electron chi connectivity index (χ3n) is 2.32. The van der Waals surface area contributed by atoms with Gasteiger partial charge in [-0.25, -0.2) is 0 Å². The van der Waals surface area contributed by atoms with Gasteiger partial charge < -0.3 is 0 Å². The number of thioether (sulfide) groups is 1. The number of rotatable bonds is 1. The normalized spacial score (nSPS) is 20.5. The van der Waals surface area contributed by atoms with Crippen LogP contribution in [0.15, 0.2) is 22.7 Å². The number of benzene rings is 1. The maximum absolute atomic E-state index is 11.7. The van der Waals surface area contributed by atoms with Gasteiger partial charge in [0.25, 0.3) is 0 Å². The lowest BCUT2D eigenvalue weighted by atomic mass is 10.1. The molecule has 0 spiro atoms. The molecule has 0 fully saturated rings. The summed E-state index contributed by atoms with van der Waals surface area (Å²) in [6.45, 7) is 0. The lowest BCUT2D eigenvalue weighted by Gasteiger charge is -1.99. The highest BCUT2D eigenvalue weighted by atomic mass is 79.9. The highest BCUT2D eigenvalue weighted by Crippen LogP contribution is 2.30. The zero-order valence-corrected chi connectivity index (χ0v) is 9.61. The van der Waals surface area contributed by atoms with E-state index in [2.05, 4.69) is 15.9 Å². The maximum Gasteiger partial charge on any atom is 0.176 e. The number of fused-ring (bicyclic) bond motifs is 1. The van der Waals surface area contributed by atoms with Crippen LogP contribution >= 0.6 is 27.7 Å². The topological polar surface area (TPSA) is 17.1 Å². The van der Waals surface area contributed by atoms with Gasteiger partial charge in [-0.2, -0.15) is 11.8 Å². The predicted octanol–water partition coefficient (Wildman–Crippen LogP) is 2.92. The van der Waals surface area contributed by atoms with Crippen molar-refractivity contribution in [2.45, 2.75) is 11.7 Å². The first-order valence-electron chi connectivity index (χ1n) is 4.08. The van der Waals surface area contributed by atoms with E-state index in [1.165, 1.54) is 5.56 Å². The van der Waals surface area contributed by atoms with Crippen LogP contribution in [0.4, 0.5) is 0 Å². The third-order valence-corrected chi connectivity index (χ3v) is 3.76. The summed E-state index contributed by atoms with van der Waals surface area (Å²) in [5.41, 5.74) is 2.08. The summed E-state index contributed by atoms with van der Waals surface area (Å²) in [4.78, 5) is 11.7. The van der Waals surface area contributed by atoms with E-state index in [0.717, 1.165) is 16.5 Å². The fraction of sp³-hybridized carbons (Fsp3) is 0.300. The molecule has 0 saturated carbocycles. The van der Waals surface area contributed by atoms with E-state index in [1.54, 1.807) is 11.8 Å².